The summed E-state index contributed by atoms with van der Waals surface area (Å²) in [6.07, 6.45) is 1.28. The number of hydrogen-bond acceptors (Lipinski definition) is 4. The van der Waals surface area contributed by atoms with Crippen molar-refractivity contribution >= 4 is 11.7 Å². The second-order valence-corrected chi connectivity index (χ2v) is 6.45. The minimum Gasteiger partial charge on any atom is -0.497 e. The predicted octanol–water partition coefficient (Wildman–Crippen LogP) is 3.03. The van der Waals surface area contributed by atoms with Crippen molar-refractivity contribution in [2.45, 2.75) is 19.3 Å². The first-order chi connectivity index (χ1) is 12.7. The number of carbonyl (C=O) groups excluding carboxylic acids is 2. The third-order valence-corrected chi connectivity index (χ3v) is 4.52. The van der Waals surface area contributed by atoms with Crippen LogP contribution in [-0.2, 0) is 11.2 Å². The van der Waals surface area contributed by atoms with Crippen molar-refractivity contribution in [2.24, 2.45) is 5.92 Å². The van der Waals surface area contributed by atoms with Crippen LogP contribution in [0.1, 0.15) is 28.8 Å². The van der Waals surface area contributed by atoms with Crippen molar-refractivity contribution in [3.8, 4) is 11.5 Å². The molecule has 0 bridgehead atoms. The van der Waals surface area contributed by atoms with Crippen LogP contribution < -0.4 is 14.8 Å². The Morgan fingerprint density at radius 1 is 1.15 bits per heavy atom. The maximum atomic E-state index is 12.0. The molecule has 1 heterocycles. The van der Waals surface area contributed by atoms with Gasteiger partial charge in [0.05, 0.1) is 13.7 Å². The van der Waals surface area contributed by atoms with E-state index in [-0.39, 0.29) is 30.4 Å². The molecule has 0 radical (unpaired) electrons. The van der Waals surface area contributed by atoms with Crippen LogP contribution in [0.4, 0.5) is 0 Å². The maximum Gasteiger partial charge on any atom is 0.220 e. The van der Waals surface area contributed by atoms with Gasteiger partial charge in [-0.3, -0.25) is 9.59 Å². The Balaban J connectivity index is 1.43. The van der Waals surface area contributed by atoms with E-state index in [0.29, 0.717) is 18.7 Å². The van der Waals surface area contributed by atoms with Gasteiger partial charge < -0.3 is 14.8 Å². The summed E-state index contributed by atoms with van der Waals surface area (Å²) in [6.45, 7) is 1.10. The lowest BCUT2D eigenvalue weighted by Crippen LogP contribution is -2.34. The normalized spacial score (nSPS) is 15.5. The summed E-state index contributed by atoms with van der Waals surface area (Å²) in [5.41, 5.74) is 1.77. The Morgan fingerprint density at radius 3 is 2.73 bits per heavy atom. The zero-order valence-electron chi connectivity index (χ0n) is 14.9. The molecule has 26 heavy (non-hydrogen) atoms. The molecule has 0 spiro atoms. The zero-order valence-corrected chi connectivity index (χ0v) is 14.9. The Labute approximate surface area is 153 Å². The highest BCUT2D eigenvalue weighted by molar-refractivity contribution is 5.97. The SMILES string of the molecule is COc1ccc2c(c1)OC[C@@H](CNC(=O)CCC(=O)c1ccccc1)C2. The molecule has 2 aromatic rings. The zero-order chi connectivity index (χ0) is 18.4. The van der Waals surface area contributed by atoms with Crippen LogP contribution in [0.2, 0.25) is 0 Å². The molecule has 0 unspecified atom stereocenters. The van der Waals surface area contributed by atoms with Crippen LogP contribution in [0.25, 0.3) is 0 Å². The van der Waals surface area contributed by atoms with Crippen molar-refractivity contribution < 1.29 is 19.1 Å². The number of fused-ring (bicyclic) bond motifs is 1. The summed E-state index contributed by atoms with van der Waals surface area (Å²) in [4.78, 5) is 24.1. The maximum absolute atomic E-state index is 12.0. The molecule has 1 amide bonds. The number of ether oxygens (including phenoxy) is 2. The van der Waals surface area contributed by atoms with Gasteiger partial charge in [-0.15, -0.1) is 0 Å². The lowest BCUT2D eigenvalue weighted by molar-refractivity contribution is -0.121. The molecule has 1 N–H and O–H groups in total. The average Bonchev–Trinajstić information content (AvgIpc) is 2.70. The monoisotopic (exact) mass is 353 g/mol. The third kappa shape index (κ3) is 4.63. The van der Waals surface area contributed by atoms with Crippen LogP contribution in [0.3, 0.4) is 0 Å². The van der Waals surface area contributed by atoms with Gasteiger partial charge in [-0.2, -0.15) is 0 Å². The quantitative estimate of drug-likeness (QED) is 0.777. The van der Waals surface area contributed by atoms with Crippen LogP contribution in [0.5, 0.6) is 11.5 Å². The number of rotatable bonds is 7. The molecule has 5 nitrogen and oxygen atoms in total. The van der Waals surface area contributed by atoms with Crippen molar-refractivity contribution in [1.82, 2.24) is 5.32 Å². The van der Waals surface area contributed by atoms with Crippen molar-refractivity contribution in [1.29, 1.82) is 0 Å². The first-order valence-electron chi connectivity index (χ1n) is 8.80. The average molecular weight is 353 g/mol. The van der Waals surface area contributed by atoms with E-state index in [1.807, 2.05) is 36.4 Å². The van der Waals surface area contributed by atoms with Crippen LogP contribution in [0.15, 0.2) is 48.5 Å². The number of amides is 1. The Bertz CT molecular complexity index is 773. The molecule has 2 aromatic carbocycles. The lowest BCUT2D eigenvalue weighted by Gasteiger charge is -2.25. The first kappa shape index (κ1) is 18.0. The second kappa shape index (κ2) is 8.52. The summed E-state index contributed by atoms with van der Waals surface area (Å²) in [5, 5.41) is 2.92. The van der Waals surface area contributed by atoms with Crippen molar-refractivity contribution in [3.63, 3.8) is 0 Å². The van der Waals surface area contributed by atoms with Crippen LogP contribution in [0, 0.1) is 5.92 Å². The van der Waals surface area contributed by atoms with Crippen LogP contribution >= 0.6 is 0 Å². The number of carbonyl (C=O) groups is 2. The smallest absolute Gasteiger partial charge is 0.220 e. The minimum absolute atomic E-state index is 0.00961. The molecule has 0 saturated heterocycles. The van der Waals surface area contributed by atoms with Crippen molar-refractivity contribution in [2.75, 3.05) is 20.3 Å². The van der Waals surface area contributed by atoms with Gasteiger partial charge in [-0.1, -0.05) is 36.4 Å². The number of ketones is 1. The fourth-order valence-corrected chi connectivity index (χ4v) is 3.02. The van der Waals surface area contributed by atoms with E-state index in [0.717, 1.165) is 23.5 Å². The lowest BCUT2D eigenvalue weighted by atomic mass is 9.96. The standard InChI is InChI=1S/C21H23NO4/c1-25-18-8-7-17-11-15(14-26-20(17)12-18)13-22-21(24)10-9-19(23)16-5-3-2-4-6-16/h2-8,12,15H,9-11,13-14H2,1H3,(H,22,24)/t15-/m1/s1. The molecule has 0 fully saturated rings. The molecule has 0 saturated carbocycles. The van der Waals surface area contributed by atoms with E-state index in [2.05, 4.69) is 5.32 Å². The topological polar surface area (TPSA) is 64.6 Å². The summed E-state index contributed by atoms with van der Waals surface area (Å²) in [6, 6.07) is 14.9. The molecule has 1 aliphatic heterocycles. The molecule has 1 aliphatic rings. The third-order valence-electron chi connectivity index (χ3n) is 4.52. The molecule has 0 aliphatic carbocycles. The summed E-state index contributed by atoms with van der Waals surface area (Å²) < 4.78 is 11.0. The van der Waals surface area contributed by atoms with Gasteiger partial charge >= 0.3 is 0 Å². The number of Topliss-reactive ketones (excluding diaryl/α,β-unsaturated/α-hetero) is 1. The highest BCUT2D eigenvalue weighted by atomic mass is 16.5. The Hall–Kier alpha value is -2.82. The summed E-state index contributed by atoms with van der Waals surface area (Å²) in [7, 11) is 1.63. The van der Waals surface area contributed by atoms with E-state index >= 15 is 0 Å². The highest BCUT2D eigenvalue weighted by Gasteiger charge is 2.21. The second-order valence-electron chi connectivity index (χ2n) is 6.45. The van der Waals surface area contributed by atoms with Gasteiger partial charge in [0.15, 0.2) is 5.78 Å². The molecule has 0 aromatic heterocycles. The fourth-order valence-electron chi connectivity index (χ4n) is 3.02. The molecule has 1 atom stereocenters. The van der Waals surface area contributed by atoms with E-state index < -0.39 is 0 Å². The van der Waals surface area contributed by atoms with E-state index in [9.17, 15) is 9.59 Å². The molecular formula is C21H23NO4. The van der Waals surface area contributed by atoms with E-state index in [1.165, 1.54) is 0 Å². The Morgan fingerprint density at radius 2 is 1.96 bits per heavy atom. The molecule has 5 heteroatoms. The van der Waals surface area contributed by atoms with Gasteiger partial charge in [0.2, 0.25) is 5.91 Å². The van der Waals surface area contributed by atoms with Gasteiger partial charge in [-0.25, -0.2) is 0 Å². The predicted molar refractivity (Wildman–Crippen MR) is 98.7 cm³/mol. The number of methoxy groups -OCH3 is 1. The molecule has 3 rings (SSSR count). The first-order valence-corrected chi connectivity index (χ1v) is 8.80. The van der Waals surface area contributed by atoms with E-state index in [1.54, 1.807) is 19.2 Å². The van der Waals surface area contributed by atoms with E-state index in [4.69, 9.17) is 9.47 Å². The summed E-state index contributed by atoms with van der Waals surface area (Å²) in [5.74, 6) is 1.74. The Kier molecular flexibility index (Phi) is 5.89. The molecular weight excluding hydrogens is 330 g/mol. The van der Waals surface area contributed by atoms with Gasteiger partial charge in [-0.05, 0) is 18.1 Å². The van der Waals surface area contributed by atoms with Gasteiger partial charge in [0.1, 0.15) is 11.5 Å². The minimum atomic E-state index is -0.102. The largest absolute Gasteiger partial charge is 0.497 e. The number of nitrogens with one attached hydrogen (secondary N) is 1. The highest BCUT2D eigenvalue weighted by Crippen LogP contribution is 2.30. The summed E-state index contributed by atoms with van der Waals surface area (Å²) >= 11 is 0. The fraction of sp³-hybridized carbons (Fsp3) is 0.333. The van der Waals surface area contributed by atoms with Crippen molar-refractivity contribution in [3.05, 3.63) is 59.7 Å². The van der Waals surface area contributed by atoms with Gasteiger partial charge in [0.25, 0.3) is 0 Å². The number of hydrogen-bond donors (Lipinski definition) is 1. The van der Waals surface area contributed by atoms with Gasteiger partial charge in [0, 0.05) is 36.9 Å². The molecule has 136 valence electrons. The number of benzene rings is 2. The van der Waals surface area contributed by atoms with Crippen LogP contribution in [-0.4, -0.2) is 32.0 Å².